The minimum Gasteiger partial charge on any atom is -0.481 e. The number of carbonyl (C=O) groups excluding carboxylic acids is 1. The summed E-state index contributed by atoms with van der Waals surface area (Å²) in [5, 5.41) is 14.4. The molecule has 2 rings (SSSR count). The summed E-state index contributed by atoms with van der Waals surface area (Å²) >= 11 is 1.36. The molecule has 7 heteroatoms. The minimum atomic E-state index is -0.824. The molecule has 1 aromatic heterocycles. The van der Waals surface area contributed by atoms with E-state index in [2.05, 4.69) is 10.3 Å². The molecule has 1 aliphatic heterocycles. The van der Waals surface area contributed by atoms with Crippen molar-refractivity contribution in [3.63, 3.8) is 0 Å². The third-order valence-corrected chi connectivity index (χ3v) is 4.48. The lowest BCUT2D eigenvalue weighted by molar-refractivity contribution is -0.148. The van der Waals surface area contributed by atoms with Crippen molar-refractivity contribution in [2.45, 2.75) is 26.7 Å². The average molecular weight is 283 g/mol. The first-order valence-corrected chi connectivity index (χ1v) is 7.06. The Morgan fingerprint density at radius 3 is 2.84 bits per heavy atom. The summed E-state index contributed by atoms with van der Waals surface area (Å²) in [4.78, 5) is 29.1. The molecule has 1 aliphatic rings. The van der Waals surface area contributed by atoms with Gasteiger partial charge in [0.05, 0.1) is 11.1 Å². The van der Waals surface area contributed by atoms with Crippen LogP contribution < -0.4 is 5.32 Å². The molecule has 0 bridgehead atoms. The van der Waals surface area contributed by atoms with E-state index in [0.717, 1.165) is 5.69 Å². The van der Waals surface area contributed by atoms with Crippen LogP contribution in [0, 0.1) is 12.3 Å². The summed E-state index contributed by atoms with van der Waals surface area (Å²) < 4.78 is 0. The number of rotatable bonds is 3. The van der Waals surface area contributed by atoms with Crippen LogP contribution in [0.2, 0.25) is 0 Å². The van der Waals surface area contributed by atoms with Crippen LogP contribution in [0.5, 0.6) is 0 Å². The molecule has 1 fully saturated rings. The van der Waals surface area contributed by atoms with E-state index in [1.165, 1.54) is 11.3 Å². The van der Waals surface area contributed by atoms with Crippen LogP contribution in [0.3, 0.4) is 0 Å². The van der Waals surface area contributed by atoms with Gasteiger partial charge >= 0.3 is 12.0 Å². The molecular weight excluding hydrogens is 266 g/mol. The molecule has 0 aromatic carbocycles. The van der Waals surface area contributed by atoms with Gasteiger partial charge in [-0.2, -0.15) is 0 Å². The van der Waals surface area contributed by atoms with Crippen molar-refractivity contribution in [2.75, 3.05) is 18.4 Å². The second-order valence-corrected chi connectivity index (χ2v) is 5.69. The van der Waals surface area contributed by atoms with Crippen LogP contribution in [-0.2, 0) is 4.79 Å². The SMILES string of the molecule is CCC1(C(=O)O)CCN(C(=O)Nc2nc(C)cs2)C1. The summed E-state index contributed by atoms with van der Waals surface area (Å²) in [6.45, 7) is 4.43. The fourth-order valence-corrected chi connectivity index (χ4v) is 2.92. The van der Waals surface area contributed by atoms with Gasteiger partial charge in [-0.1, -0.05) is 6.92 Å². The number of urea groups is 1. The molecular formula is C12H17N3O3S. The maximum absolute atomic E-state index is 12.0. The molecule has 6 nitrogen and oxygen atoms in total. The molecule has 19 heavy (non-hydrogen) atoms. The maximum atomic E-state index is 12.0. The molecule has 0 aliphatic carbocycles. The van der Waals surface area contributed by atoms with Crippen molar-refractivity contribution in [3.8, 4) is 0 Å². The number of nitrogens with zero attached hydrogens (tertiary/aromatic N) is 2. The molecule has 0 radical (unpaired) electrons. The fraction of sp³-hybridized carbons (Fsp3) is 0.583. The molecule has 1 aromatic rings. The number of hydrogen-bond donors (Lipinski definition) is 2. The van der Waals surface area contributed by atoms with Gasteiger partial charge in [0, 0.05) is 18.5 Å². The number of hydrogen-bond acceptors (Lipinski definition) is 4. The van der Waals surface area contributed by atoms with Crippen LogP contribution in [0.25, 0.3) is 0 Å². The van der Waals surface area contributed by atoms with E-state index in [1.807, 2.05) is 19.2 Å². The summed E-state index contributed by atoms with van der Waals surface area (Å²) in [6.07, 6.45) is 1.03. The average Bonchev–Trinajstić information content (AvgIpc) is 2.96. The Hall–Kier alpha value is -1.63. The highest BCUT2D eigenvalue weighted by Gasteiger charge is 2.44. The molecule has 104 valence electrons. The Morgan fingerprint density at radius 1 is 1.63 bits per heavy atom. The highest BCUT2D eigenvalue weighted by atomic mass is 32.1. The third-order valence-electron chi connectivity index (χ3n) is 3.60. The monoisotopic (exact) mass is 283 g/mol. The maximum Gasteiger partial charge on any atom is 0.323 e. The van der Waals surface area contributed by atoms with E-state index in [0.29, 0.717) is 24.5 Å². The molecule has 2 amide bonds. The van der Waals surface area contributed by atoms with Crippen LogP contribution in [0.1, 0.15) is 25.5 Å². The molecule has 2 N–H and O–H groups in total. The van der Waals surface area contributed by atoms with Crippen LogP contribution in [-0.4, -0.2) is 40.1 Å². The van der Waals surface area contributed by atoms with Gasteiger partial charge in [0.15, 0.2) is 5.13 Å². The Labute approximate surface area is 115 Å². The van der Waals surface area contributed by atoms with E-state index in [-0.39, 0.29) is 12.6 Å². The van der Waals surface area contributed by atoms with Crippen molar-refractivity contribution in [1.29, 1.82) is 0 Å². The zero-order valence-corrected chi connectivity index (χ0v) is 11.8. The number of carboxylic acid groups (broad SMARTS) is 1. The van der Waals surface area contributed by atoms with Gasteiger partial charge in [0.2, 0.25) is 0 Å². The summed E-state index contributed by atoms with van der Waals surface area (Å²) in [6, 6.07) is -0.272. The second-order valence-electron chi connectivity index (χ2n) is 4.83. The number of anilines is 1. The quantitative estimate of drug-likeness (QED) is 0.890. The van der Waals surface area contributed by atoms with E-state index < -0.39 is 11.4 Å². The smallest absolute Gasteiger partial charge is 0.323 e. The predicted octanol–water partition coefficient (Wildman–Crippen LogP) is 2.17. The first-order valence-electron chi connectivity index (χ1n) is 6.18. The Morgan fingerprint density at radius 2 is 2.37 bits per heavy atom. The molecule has 1 unspecified atom stereocenters. The van der Waals surface area contributed by atoms with Gasteiger partial charge in [-0.3, -0.25) is 10.1 Å². The number of aromatic nitrogens is 1. The first kappa shape index (κ1) is 13.8. The first-order chi connectivity index (χ1) is 8.97. The van der Waals surface area contributed by atoms with E-state index in [1.54, 1.807) is 4.90 Å². The lowest BCUT2D eigenvalue weighted by Crippen LogP contribution is -2.38. The Kier molecular flexibility index (Phi) is 3.75. The number of thiazole rings is 1. The van der Waals surface area contributed by atoms with E-state index >= 15 is 0 Å². The second kappa shape index (κ2) is 5.16. The number of nitrogens with one attached hydrogen (secondary N) is 1. The van der Waals surface area contributed by atoms with Gasteiger partial charge in [-0.25, -0.2) is 9.78 Å². The van der Waals surface area contributed by atoms with Gasteiger partial charge in [0.1, 0.15) is 0 Å². The Balaban J connectivity index is 2.00. The number of carboxylic acids is 1. The van der Waals surface area contributed by atoms with Crippen molar-refractivity contribution >= 4 is 28.5 Å². The largest absolute Gasteiger partial charge is 0.481 e. The van der Waals surface area contributed by atoms with E-state index in [4.69, 9.17) is 0 Å². The van der Waals surface area contributed by atoms with Gasteiger partial charge in [0.25, 0.3) is 0 Å². The molecule has 1 atom stereocenters. The number of amides is 2. The molecule has 1 saturated heterocycles. The minimum absolute atomic E-state index is 0.259. The summed E-state index contributed by atoms with van der Waals surface area (Å²) in [7, 11) is 0. The van der Waals surface area contributed by atoms with Crippen molar-refractivity contribution < 1.29 is 14.7 Å². The fourth-order valence-electron chi connectivity index (χ4n) is 2.24. The third kappa shape index (κ3) is 2.70. The number of carbonyl (C=O) groups is 2. The predicted molar refractivity (Wildman–Crippen MR) is 72.4 cm³/mol. The van der Waals surface area contributed by atoms with Crippen LogP contribution in [0.15, 0.2) is 5.38 Å². The summed E-state index contributed by atoms with van der Waals surface area (Å²) in [5.41, 5.74) is 0.0611. The highest BCUT2D eigenvalue weighted by Crippen LogP contribution is 2.34. The Bertz CT molecular complexity index is 502. The van der Waals surface area contributed by atoms with Crippen LogP contribution >= 0.6 is 11.3 Å². The zero-order chi connectivity index (χ0) is 14.0. The lowest BCUT2D eigenvalue weighted by Gasteiger charge is -2.22. The molecule has 0 spiro atoms. The van der Waals surface area contributed by atoms with Gasteiger partial charge in [-0.05, 0) is 19.8 Å². The van der Waals surface area contributed by atoms with Gasteiger partial charge in [-0.15, -0.1) is 11.3 Å². The van der Waals surface area contributed by atoms with Crippen LogP contribution in [0.4, 0.5) is 9.93 Å². The van der Waals surface area contributed by atoms with Crippen molar-refractivity contribution in [2.24, 2.45) is 5.41 Å². The van der Waals surface area contributed by atoms with Crippen molar-refractivity contribution in [3.05, 3.63) is 11.1 Å². The lowest BCUT2D eigenvalue weighted by atomic mass is 9.84. The normalized spacial score (nSPS) is 22.5. The number of aryl methyl sites for hydroxylation is 1. The van der Waals surface area contributed by atoms with Crippen molar-refractivity contribution in [1.82, 2.24) is 9.88 Å². The molecule has 0 saturated carbocycles. The molecule has 2 heterocycles. The summed E-state index contributed by atoms with van der Waals surface area (Å²) in [5.74, 6) is -0.824. The number of likely N-dealkylation sites (tertiary alicyclic amines) is 1. The van der Waals surface area contributed by atoms with E-state index in [9.17, 15) is 14.7 Å². The highest BCUT2D eigenvalue weighted by molar-refractivity contribution is 7.13. The topological polar surface area (TPSA) is 82.5 Å². The van der Waals surface area contributed by atoms with Gasteiger partial charge < -0.3 is 10.0 Å². The number of aliphatic carboxylic acids is 1. The standard InChI is InChI=1S/C12H17N3O3S/c1-3-12(9(16)17)4-5-15(7-12)11(18)14-10-13-8(2)6-19-10/h6H,3-5,7H2,1-2H3,(H,16,17)(H,13,14,18). The zero-order valence-electron chi connectivity index (χ0n) is 11.0.